The molecule has 0 fully saturated rings. The van der Waals surface area contributed by atoms with Gasteiger partial charge < -0.3 is 10.6 Å². The van der Waals surface area contributed by atoms with E-state index in [0.717, 1.165) is 23.3 Å². The summed E-state index contributed by atoms with van der Waals surface area (Å²) in [5, 5.41) is 0. The highest BCUT2D eigenvalue weighted by atomic mass is 35.5. The number of hydrogen-bond donors (Lipinski definition) is 2. The number of rotatable bonds is 5. The number of nitrogens with two attached hydrogens (primary N) is 1. The molecule has 0 aromatic heterocycles. The van der Waals surface area contributed by atoms with Gasteiger partial charge in [-0.25, -0.2) is 0 Å². The minimum absolute atomic E-state index is 0. The minimum atomic E-state index is -5.18. The largest absolute Gasteiger partial charge is 0.471 e. The molecule has 2 amide bonds. The van der Waals surface area contributed by atoms with E-state index in [0.29, 0.717) is 30.0 Å². The lowest BCUT2D eigenvalue weighted by atomic mass is 9.84. The molecule has 36 heavy (non-hydrogen) atoms. The summed E-state index contributed by atoms with van der Waals surface area (Å²) in [6.07, 6.45) is -4.92. The molecule has 4 rings (SSSR count). The van der Waals surface area contributed by atoms with Crippen LogP contribution in [0, 0.1) is 0 Å². The maximum absolute atomic E-state index is 13.6. The van der Waals surface area contributed by atoms with Gasteiger partial charge in [-0.05, 0) is 47.2 Å². The summed E-state index contributed by atoms with van der Waals surface area (Å²) in [6, 6.07) is 8.93. The summed E-state index contributed by atoms with van der Waals surface area (Å²) >= 11 is 0. The van der Waals surface area contributed by atoms with Crippen LogP contribution in [-0.4, -0.2) is 59.9 Å². The fraction of sp³-hybridized carbons (Fsp3) is 0.391. The first kappa shape index (κ1) is 27.9. The monoisotopic (exact) mass is 547 g/mol. The van der Waals surface area contributed by atoms with Gasteiger partial charge in [0, 0.05) is 32.1 Å². The van der Waals surface area contributed by atoms with Crippen molar-refractivity contribution in [1.29, 1.82) is 0 Å². The van der Waals surface area contributed by atoms with E-state index in [1.54, 1.807) is 0 Å². The van der Waals surface area contributed by atoms with E-state index in [2.05, 4.69) is 0 Å². The number of primary amides is 1. The predicted molar refractivity (Wildman–Crippen MR) is 126 cm³/mol. The smallest absolute Gasteiger partial charge is 0.370 e. The summed E-state index contributed by atoms with van der Waals surface area (Å²) in [5.74, 6) is -2.86. The van der Waals surface area contributed by atoms with Gasteiger partial charge in [-0.3, -0.25) is 19.0 Å². The van der Waals surface area contributed by atoms with E-state index in [4.69, 9.17) is 5.73 Å². The quantitative estimate of drug-likeness (QED) is 0.555. The molecular weight excluding hydrogens is 523 g/mol. The molecule has 0 spiro atoms. The molecule has 2 aromatic carbocycles. The van der Waals surface area contributed by atoms with Crippen molar-refractivity contribution in [3.05, 3.63) is 64.7 Å². The molecule has 196 valence electrons. The van der Waals surface area contributed by atoms with Crippen LogP contribution in [0.2, 0.25) is 0 Å². The standard InChI is InChI=1S/C23H24F3N3O5S.ClH/c24-23(25,26)22(31)29-10-8-15-5-6-17(35(32,33)34)11-18(15)21(29)19(12-20(27)30)28-9-7-14-3-1-2-4-16(14)13-28;/h1-6,11,19,21H,7-10,12-13H2,(H2,27,30)(H,32,33,34);1H. The molecule has 2 aromatic rings. The van der Waals surface area contributed by atoms with Crippen LogP contribution in [0.1, 0.15) is 34.7 Å². The number of amides is 2. The Morgan fingerprint density at radius 3 is 2.31 bits per heavy atom. The number of hydrogen-bond acceptors (Lipinski definition) is 5. The summed E-state index contributed by atoms with van der Waals surface area (Å²) in [6.45, 7) is 0.430. The lowest BCUT2D eigenvalue weighted by Crippen LogP contribution is -2.55. The second-order valence-corrected chi connectivity index (χ2v) is 10.2. The fourth-order valence-corrected chi connectivity index (χ4v) is 5.55. The highest BCUT2D eigenvalue weighted by Gasteiger charge is 2.49. The van der Waals surface area contributed by atoms with Gasteiger partial charge in [0.15, 0.2) is 0 Å². The van der Waals surface area contributed by atoms with Crippen molar-refractivity contribution in [2.75, 3.05) is 13.1 Å². The zero-order valence-corrected chi connectivity index (χ0v) is 20.6. The van der Waals surface area contributed by atoms with Gasteiger partial charge in [-0.2, -0.15) is 21.6 Å². The van der Waals surface area contributed by atoms with Crippen LogP contribution in [0.25, 0.3) is 0 Å². The Bertz CT molecular complexity index is 1270. The van der Waals surface area contributed by atoms with E-state index in [1.807, 2.05) is 29.2 Å². The molecule has 0 saturated heterocycles. The molecule has 2 atom stereocenters. The van der Waals surface area contributed by atoms with Crippen LogP contribution in [0.15, 0.2) is 47.4 Å². The number of carbonyl (C=O) groups is 2. The first-order valence-corrected chi connectivity index (χ1v) is 12.4. The van der Waals surface area contributed by atoms with Crippen molar-refractivity contribution in [1.82, 2.24) is 9.80 Å². The average molecular weight is 548 g/mol. The fourth-order valence-electron chi connectivity index (χ4n) is 5.04. The van der Waals surface area contributed by atoms with Gasteiger partial charge in [0.05, 0.1) is 10.9 Å². The van der Waals surface area contributed by atoms with Gasteiger partial charge in [0.2, 0.25) is 5.91 Å². The Hall–Kier alpha value is -2.67. The number of fused-ring (bicyclic) bond motifs is 2. The van der Waals surface area contributed by atoms with E-state index in [-0.39, 0.29) is 37.4 Å². The van der Waals surface area contributed by atoms with Crippen LogP contribution in [0.4, 0.5) is 13.2 Å². The molecule has 13 heteroatoms. The van der Waals surface area contributed by atoms with Crippen molar-refractivity contribution >= 4 is 34.3 Å². The molecule has 2 aliphatic rings. The number of halogens is 4. The first-order valence-electron chi connectivity index (χ1n) is 10.9. The zero-order valence-electron chi connectivity index (χ0n) is 18.9. The molecule has 0 saturated carbocycles. The van der Waals surface area contributed by atoms with Crippen LogP contribution in [-0.2, 0) is 39.1 Å². The molecule has 8 nitrogen and oxygen atoms in total. The maximum Gasteiger partial charge on any atom is 0.471 e. The van der Waals surface area contributed by atoms with E-state index in [1.165, 1.54) is 6.07 Å². The number of alkyl halides is 3. The van der Waals surface area contributed by atoms with Crippen LogP contribution in [0.5, 0.6) is 0 Å². The third-order valence-electron chi connectivity index (χ3n) is 6.60. The van der Waals surface area contributed by atoms with Crippen molar-refractivity contribution in [2.24, 2.45) is 5.73 Å². The Balaban J connectivity index is 0.00000361. The summed E-state index contributed by atoms with van der Waals surface area (Å²) in [7, 11) is -4.67. The second kappa shape index (κ2) is 10.4. The third kappa shape index (κ3) is 5.66. The van der Waals surface area contributed by atoms with E-state index >= 15 is 0 Å². The van der Waals surface area contributed by atoms with Gasteiger partial charge >= 0.3 is 12.1 Å². The van der Waals surface area contributed by atoms with Crippen molar-refractivity contribution in [3.63, 3.8) is 0 Å². The molecule has 2 unspecified atom stereocenters. The maximum atomic E-state index is 13.6. The second-order valence-electron chi connectivity index (χ2n) is 8.75. The molecular formula is C23H25ClF3N3O5S. The zero-order chi connectivity index (χ0) is 25.5. The topological polar surface area (TPSA) is 121 Å². The van der Waals surface area contributed by atoms with Crippen LogP contribution >= 0.6 is 12.4 Å². The van der Waals surface area contributed by atoms with E-state index in [9.17, 15) is 35.7 Å². The molecule has 0 radical (unpaired) electrons. The number of carbonyl (C=O) groups excluding carboxylic acids is 2. The lowest BCUT2D eigenvalue weighted by Gasteiger charge is -2.46. The Morgan fingerprint density at radius 1 is 1.06 bits per heavy atom. The predicted octanol–water partition coefficient (Wildman–Crippen LogP) is 2.65. The average Bonchev–Trinajstić information content (AvgIpc) is 2.79. The molecule has 0 aliphatic carbocycles. The summed E-state index contributed by atoms with van der Waals surface area (Å²) in [5.41, 5.74) is 8.17. The van der Waals surface area contributed by atoms with Crippen molar-refractivity contribution < 1.29 is 35.7 Å². The normalized spacial score (nSPS) is 19.0. The SMILES string of the molecule is Cl.NC(=O)CC(C1c2cc(S(=O)(=O)O)ccc2CCN1C(=O)C(F)(F)F)N1CCc2ccccc2C1. The number of benzene rings is 2. The van der Waals surface area contributed by atoms with Gasteiger partial charge in [-0.1, -0.05) is 30.3 Å². The Kier molecular flexibility index (Phi) is 8.04. The minimum Gasteiger partial charge on any atom is -0.370 e. The van der Waals surface area contributed by atoms with Crippen LogP contribution in [0.3, 0.4) is 0 Å². The van der Waals surface area contributed by atoms with Gasteiger partial charge in [-0.15, -0.1) is 12.4 Å². The lowest BCUT2D eigenvalue weighted by molar-refractivity contribution is -0.190. The van der Waals surface area contributed by atoms with Gasteiger partial charge in [0.25, 0.3) is 10.1 Å². The van der Waals surface area contributed by atoms with E-state index < -0.39 is 45.1 Å². The summed E-state index contributed by atoms with van der Waals surface area (Å²) in [4.78, 5) is 26.5. The molecule has 0 bridgehead atoms. The molecule has 2 aliphatic heterocycles. The highest BCUT2D eigenvalue weighted by molar-refractivity contribution is 7.85. The van der Waals surface area contributed by atoms with Crippen molar-refractivity contribution in [3.8, 4) is 0 Å². The Morgan fingerprint density at radius 2 is 1.69 bits per heavy atom. The van der Waals surface area contributed by atoms with Gasteiger partial charge in [0.1, 0.15) is 0 Å². The Labute approximate surface area is 212 Å². The molecule has 2 heterocycles. The van der Waals surface area contributed by atoms with Crippen LogP contribution < -0.4 is 5.73 Å². The highest BCUT2D eigenvalue weighted by Crippen LogP contribution is 2.40. The number of nitrogens with zero attached hydrogens (tertiary/aromatic N) is 2. The molecule has 3 N–H and O–H groups in total. The summed E-state index contributed by atoms with van der Waals surface area (Å²) < 4.78 is 73.9. The van der Waals surface area contributed by atoms with Crippen molar-refractivity contribution in [2.45, 2.75) is 49.0 Å². The first-order chi connectivity index (χ1) is 16.4. The third-order valence-corrected chi connectivity index (χ3v) is 7.45.